The summed E-state index contributed by atoms with van der Waals surface area (Å²) >= 11 is 6.09. The third kappa shape index (κ3) is 3.89. The number of carbonyl (C=O) groups excluding carboxylic acids is 1. The van der Waals surface area contributed by atoms with Crippen molar-refractivity contribution in [2.45, 2.75) is 32.4 Å². The summed E-state index contributed by atoms with van der Waals surface area (Å²) in [6.45, 7) is 6.51. The van der Waals surface area contributed by atoms with Crippen molar-refractivity contribution in [1.82, 2.24) is 9.80 Å². The highest BCUT2D eigenvalue weighted by molar-refractivity contribution is 6.31. The van der Waals surface area contributed by atoms with Gasteiger partial charge in [0, 0.05) is 50.0 Å². The predicted molar refractivity (Wildman–Crippen MR) is 88.2 cm³/mol. The first-order valence-corrected chi connectivity index (χ1v) is 7.78. The normalized spacial score (nSPS) is 19.0. The minimum atomic E-state index is -0.00659. The zero-order valence-electron chi connectivity index (χ0n) is 13.2. The fraction of sp³-hybridized carbons (Fsp3) is 0.562. The maximum atomic E-state index is 12.3. The molecule has 2 rings (SSSR count). The van der Waals surface area contributed by atoms with Crippen LogP contribution in [0.25, 0.3) is 0 Å². The molecule has 0 spiro atoms. The average molecular weight is 310 g/mol. The van der Waals surface area contributed by atoms with E-state index in [-0.39, 0.29) is 5.91 Å². The Morgan fingerprint density at radius 3 is 2.71 bits per heavy atom. The van der Waals surface area contributed by atoms with Crippen LogP contribution in [0.15, 0.2) is 18.2 Å². The van der Waals surface area contributed by atoms with Crippen LogP contribution in [0.5, 0.6) is 0 Å². The van der Waals surface area contributed by atoms with Crippen molar-refractivity contribution in [2.24, 2.45) is 0 Å². The van der Waals surface area contributed by atoms with Gasteiger partial charge < -0.3 is 10.2 Å². The van der Waals surface area contributed by atoms with Gasteiger partial charge in [-0.15, -0.1) is 0 Å². The maximum Gasteiger partial charge on any atom is 0.255 e. The molecule has 0 bridgehead atoms. The summed E-state index contributed by atoms with van der Waals surface area (Å²) in [5, 5.41) is 4.14. The van der Waals surface area contributed by atoms with Crippen molar-refractivity contribution in [1.29, 1.82) is 0 Å². The molecular weight excluding hydrogens is 286 g/mol. The van der Waals surface area contributed by atoms with Gasteiger partial charge in [-0.2, -0.15) is 0 Å². The lowest BCUT2D eigenvalue weighted by atomic mass is 10.1. The van der Waals surface area contributed by atoms with Crippen LogP contribution in [-0.2, 0) is 0 Å². The van der Waals surface area contributed by atoms with E-state index in [2.05, 4.69) is 24.1 Å². The highest BCUT2D eigenvalue weighted by Gasteiger charge is 2.25. The Hall–Kier alpha value is -1.26. The topological polar surface area (TPSA) is 35.6 Å². The summed E-state index contributed by atoms with van der Waals surface area (Å²) in [6, 6.07) is 6.32. The third-order valence-corrected chi connectivity index (χ3v) is 4.16. The molecule has 0 saturated carbocycles. The Kier molecular flexibility index (Phi) is 5.12. The van der Waals surface area contributed by atoms with Crippen LogP contribution in [0.1, 0.15) is 30.6 Å². The number of rotatable bonds is 4. The number of nitrogens with zero attached hydrogens (tertiary/aromatic N) is 2. The molecule has 1 amide bonds. The summed E-state index contributed by atoms with van der Waals surface area (Å²) in [4.78, 5) is 16.3. The number of amides is 1. The summed E-state index contributed by atoms with van der Waals surface area (Å²) in [7, 11) is 3.52. The Morgan fingerprint density at radius 1 is 1.43 bits per heavy atom. The van der Waals surface area contributed by atoms with Crippen LogP contribution < -0.4 is 5.32 Å². The SMILES string of the molecule is CC(C)N1CCC(Nc2cc(Cl)ccc2C(=O)N(C)C)C1. The third-order valence-electron chi connectivity index (χ3n) is 3.93. The summed E-state index contributed by atoms with van der Waals surface area (Å²) in [5.41, 5.74) is 1.50. The van der Waals surface area contributed by atoms with E-state index < -0.39 is 0 Å². The molecule has 1 aliphatic rings. The first-order chi connectivity index (χ1) is 9.88. The van der Waals surface area contributed by atoms with Crippen molar-refractivity contribution in [3.05, 3.63) is 28.8 Å². The maximum absolute atomic E-state index is 12.3. The fourth-order valence-electron chi connectivity index (χ4n) is 2.66. The van der Waals surface area contributed by atoms with E-state index in [1.165, 1.54) is 0 Å². The number of likely N-dealkylation sites (tertiary alicyclic amines) is 1. The second-order valence-electron chi connectivity index (χ2n) is 6.11. The van der Waals surface area contributed by atoms with Crippen LogP contribution in [-0.4, -0.2) is 55.0 Å². The zero-order chi connectivity index (χ0) is 15.6. The standard InChI is InChI=1S/C16H24ClN3O/c1-11(2)20-8-7-13(10-20)18-15-9-12(17)5-6-14(15)16(21)19(3)4/h5-6,9,11,13,18H,7-8,10H2,1-4H3. The molecule has 1 aromatic carbocycles. The zero-order valence-corrected chi connectivity index (χ0v) is 13.9. The number of hydrogen-bond acceptors (Lipinski definition) is 3. The number of benzene rings is 1. The van der Waals surface area contributed by atoms with Crippen molar-refractivity contribution in [2.75, 3.05) is 32.5 Å². The lowest BCUT2D eigenvalue weighted by Crippen LogP contribution is -2.32. The summed E-state index contributed by atoms with van der Waals surface area (Å²) < 4.78 is 0. The van der Waals surface area contributed by atoms with Crippen molar-refractivity contribution < 1.29 is 4.79 Å². The fourth-order valence-corrected chi connectivity index (χ4v) is 2.83. The smallest absolute Gasteiger partial charge is 0.255 e. The number of carbonyl (C=O) groups is 1. The highest BCUT2D eigenvalue weighted by Crippen LogP contribution is 2.25. The molecular formula is C16H24ClN3O. The van der Waals surface area contributed by atoms with E-state index in [4.69, 9.17) is 11.6 Å². The van der Waals surface area contributed by atoms with E-state index in [0.717, 1.165) is 25.2 Å². The molecule has 0 radical (unpaired) electrons. The minimum Gasteiger partial charge on any atom is -0.380 e. The van der Waals surface area contributed by atoms with Gasteiger partial charge in [0.05, 0.1) is 5.56 Å². The second-order valence-corrected chi connectivity index (χ2v) is 6.54. The van der Waals surface area contributed by atoms with Crippen molar-refractivity contribution >= 4 is 23.2 Å². The molecule has 1 fully saturated rings. The van der Waals surface area contributed by atoms with Gasteiger partial charge in [-0.25, -0.2) is 0 Å². The highest BCUT2D eigenvalue weighted by atomic mass is 35.5. The molecule has 0 aliphatic carbocycles. The van der Waals surface area contributed by atoms with E-state index in [0.29, 0.717) is 22.7 Å². The number of halogens is 1. The molecule has 1 saturated heterocycles. The number of hydrogen-bond donors (Lipinski definition) is 1. The van der Waals surface area contributed by atoms with Gasteiger partial charge in [0.2, 0.25) is 0 Å². The Bertz CT molecular complexity index is 516. The van der Waals surface area contributed by atoms with Gasteiger partial charge >= 0.3 is 0 Å². The van der Waals surface area contributed by atoms with Gasteiger partial charge in [0.15, 0.2) is 0 Å². The van der Waals surface area contributed by atoms with E-state index in [1.54, 1.807) is 31.1 Å². The van der Waals surface area contributed by atoms with Crippen LogP contribution in [0.2, 0.25) is 5.02 Å². The van der Waals surface area contributed by atoms with Gasteiger partial charge in [-0.1, -0.05) is 11.6 Å². The van der Waals surface area contributed by atoms with E-state index >= 15 is 0 Å². The predicted octanol–water partition coefficient (Wildman–Crippen LogP) is 2.94. The number of anilines is 1. The quantitative estimate of drug-likeness (QED) is 0.929. The molecule has 21 heavy (non-hydrogen) atoms. The molecule has 1 N–H and O–H groups in total. The summed E-state index contributed by atoms with van der Waals surface area (Å²) in [6.07, 6.45) is 1.08. The van der Waals surface area contributed by atoms with Gasteiger partial charge in [0.1, 0.15) is 0 Å². The Labute approximate surface area is 132 Å². The minimum absolute atomic E-state index is 0.00659. The second kappa shape index (κ2) is 6.67. The Balaban J connectivity index is 2.16. The molecule has 1 heterocycles. The van der Waals surface area contributed by atoms with Crippen molar-refractivity contribution in [3.63, 3.8) is 0 Å². The molecule has 1 atom stereocenters. The summed E-state index contributed by atoms with van der Waals surface area (Å²) in [5.74, 6) is -0.00659. The van der Waals surface area contributed by atoms with Crippen LogP contribution in [0, 0.1) is 0 Å². The van der Waals surface area contributed by atoms with Crippen LogP contribution in [0.3, 0.4) is 0 Å². The molecule has 0 aromatic heterocycles. The molecule has 116 valence electrons. The Morgan fingerprint density at radius 2 is 2.14 bits per heavy atom. The van der Waals surface area contributed by atoms with Gasteiger partial charge in [-0.05, 0) is 38.5 Å². The van der Waals surface area contributed by atoms with Crippen LogP contribution >= 0.6 is 11.6 Å². The first kappa shape index (κ1) is 16.1. The average Bonchev–Trinajstić information content (AvgIpc) is 2.87. The molecule has 1 aromatic rings. The lowest BCUT2D eigenvalue weighted by Gasteiger charge is -2.22. The molecule has 4 nitrogen and oxygen atoms in total. The first-order valence-electron chi connectivity index (χ1n) is 7.40. The van der Waals surface area contributed by atoms with E-state index in [1.807, 2.05) is 6.07 Å². The molecule has 1 aliphatic heterocycles. The molecule has 5 heteroatoms. The number of nitrogens with one attached hydrogen (secondary N) is 1. The van der Waals surface area contributed by atoms with Gasteiger partial charge in [0.25, 0.3) is 5.91 Å². The van der Waals surface area contributed by atoms with Crippen molar-refractivity contribution in [3.8, 4) is 0 Å². The van der Waals surface area contributed by atoms with Gasteiger partial charge in [-0.3, -0.25) is 9.69 Å². The molecule has 1 unspecified atom stereocenters. The van der Waals surface area contributed by atoms with E-state index in [9.17, 15) is 4.79 Å². The van der Waals surface area contributed by atoms with Crippen LogP contribution in [0.4, 0.5) is 5.69 Å². The lowest BCUT2D eigenvalue weighted by molar-refractivity contribution is 0.0828. The monoisotopic (exact) mass is 309 g/mol. The largest absolute Gasteiger partial charge is 0.380 e.